The minimum absolute atomic E-state index is 0.775. The fourth-order valence-corrected chi connectivity index (χ4v) is 2.69. The van der Waals surface area contributed by atoms with Crippen LogP contribution in [-0.4, -0.2) is 37.6 Å². The molecule has 0 amide bonds. The lowest BCUT2D eigenvalue weighted by Crippen LogP contribution is -2.41. The molecule has 0 aromatic rings. The average molecular weight is 240 g/mol. The van der Waals surface area contributed by atoms with Gasteiger partial charge in [0.2, 0.25) is 0 Å². The molecular weight excluding hydrogens is 208 g/mol. The lowest BCUT2D eigenvalue weighted by atomic mass is 10.0. The zero-order valence-electron chi connectivity index (χ0n) is 12.2. The quantitative estimate of drug-likeness (QED) is 0.655. The maximum absolute atomic E-state index is 3.39. The summed E-state index contributed by atoms with van der Waals surface area (Å²) in [6.07, 6.45) is 9.78. The number of likely N-dealkylation sites (tertiary alicyclic amines) is 1. The topological polar surface area (TPSA) is 15.3 Å². The Kier molecular flexibility index (Phi) is 7.87. The molecule has 1 aliphatic heterocycles. The summed E-state index contributed by atoms with van der Waals surface area (Å²) in [5.41, 5.74) is 0. The van der Waals surface area contributed by atoms with Gasteiger partial charge in [-0.2, -0.15) is 0 Å². The first-order valence-electron chi connectivity index (χ1n) is 7.62. The molecular formula is C15H32N2. The fraction of sp³-hybridized carbons (Fsp3) is 1.00. The lowest BCUT2D eigenvalue weighted by molar-refractivity contribution is 0.198. The molecule has 0 bridgehead atoms. The molecule has 0 aromatic heterocycles. The number of hydrogen-bond acceptors (Lipinski definition) is 2. The second-order valence-corrected chi connectivity index (χ2v) is 6.00. The number of rotatable bonds is 8. The summed E-state index contributed by atoms with van der Waals surface area (Å²) in [5.74, 6) is 0.885. The van der Waals surface area contributed by atoms with Gasteiger partial charge in [-0.25, -0.2) is 0 Å². The highest BCUT2D eigenvalue weighted by atomic mass is 15.1. The van der Waals surface area contributed by atoms with Gasteiger partial charge < -0.3 is 10.2 Å². The van der Waals surface area contributed by atoms with Gasteiger partial charge in [-0.3, -0.25) is 0 Å². The molecule has 0 aliphatic carbocycles. The molecule has 2 heteroatoms. The summed E-state index contributed by atoms with van der Waals surface area (Å²) in [7, 11) is 2.09. The van der Waals surface area contributed by atoms with Gasteiger partial charge in [-0.05, 0) is 51.9 Å². The van der Waals surface area contributed by atoms with Gasteiger partial charge in [0.1, 0.15) is 0 Å². The molecule has 1 saturated heterocycles. The average Bonchev–Trinajstić information content (AvgIpc) is 2.34. The third-order valence-electron chi connectivity index (χ3n) is 4.00. The molecule has 0 atom stereocenters. The lowest BCUT2D eigenvalue weighted by Gasteiger charge is -2.31. The monoisotopic (exact) mass is 240 g/mol. The SMILES string of the molecule is CNC1CCN(CCCCCCC(C)C)CC1. The first-order chi connectivity index (χ1) is 8.22. The highest BCUT2D eigenvalue weighted by Gasteiger charge is 2.16. The molecule has 1 aliphatic rings. The van der Waals surface area contributed by atoms with E-state index in [-0.39, 0.29) is 0 Å². The summed E-state index contributed by atoms with van der Waals surface area (Å²) < 4.78 is 0. The van der Waals surface area contributed by atoms with Crippen LogP contribution in [0.25, 0.3) is 0 Å². The number of hydrogen-bond donors (Lipinski definition) is 1. The van der Waals surface area contributed by atoms with Crippen molar-refractivity contribution < 1.29 is 0 Å². The maximum Gasteiger partial charge on any atom is 0.00884 e. The summed E-state index contributed by atoms with van der Waals surface area (Å²) in [6, 6.07) is 0.775. The van der Waals surface area contributed by atoms with Crippen LogP contribution in [0.15, 0.2) is 0 Å². The fourth-order valence-electron chi connectivity index (χ4n) is 2.69. The highest BCUT2D eigenvalue weighted by molar-refractivity contribution is 4.75. The van der Waals surface area contributed by atoms with Crippen LogP contribution in [0.2, 0.25) is 0 Å². The Labute approximate surface area is 108 Å². The summed E-state index contributed by atoms with van der Waals surface area (Å²) in [6.45, 7) is 8.59. The van der Waals surface area contributed by atoms with Crippen molar-refractivity contribution in [1.82, 2.24) is 10.2 Å². The molecule has 17 heavy (non-hydrogen) atoms. The van der Waals surface area contributed by atoms with Crippen LogP contribution < -0.4 is 5.32 Å². The van der Waals surface area contributed by atoms with Crippen molar-refractivity contribution in [2.75, 3.05) is 26.7 Å². The molecule has 1 heterocycles. The Morgan fingerprint density at radius 2 is 1.71 bits per heavy atom. The number of piperidine rings is 1. The first kappa shape index (κ1) is 15.0. The third kappa shape index (κ3) is 7.05. The van der Waals surface area contributed by atoms with Gasteiger partial charge in [-0.1, -0.05) is 39.5 Å². The van der Waals surface area contributed by atoms with Crippen LogP contribution in [0.5, 0.6) is 0 Å². The van der Waals surface area contributed by atoms with Gasteiger partial charge in [0.15, 0.2) is 0 Å². The van der Waals surface area contributed by atoms with Crippen LogP contribution in [0.3, 0.4) is 0 Å². The van der Waals surface area contributed by atoms with Crippen LogP contribution in [0.4, 0.5) is 0 Å². The zero-order valence-corrected chi connectivity index (χ0v) is 12.2. The molecule has 0 saturated carbocycles. The van der Waals surface area contributed by atoms with Gasteiger partial charge in [0.25, 0.3) is 0 Å². The van der Waals surface area contributed by atoms with Gasteiger partial charge in [-0.15, -0.1) is 0 Å². The van der Waals surface area contributed by atoms with Crippen molar-refractivity contribution in [3.05, 3.63) is 0 Å². The van der Waals surface area contributed by atoms with E-state index in [4.69, 9.17) is 0 Å². The van der Waals surface area contributed by atoms with Crippen molar-refractivity contribution in [1.29, 1.82) is 0 Å². The van der Waals surface area contributed by atoms with E-state index in [9.17, 15) is 0 Å². The van der Waals surface area contributed by atoms with Crippen molar-refractivity contribution in [2.24, 2.45) is 5.92 Å². The number of unbranched alkanes of at least 4 members (excludes halogenated alkanes) is 3. The Morgan fingerprint density at radius 1 is 1.06 bits per heavy atom. The Morgan fingerprint density at radius 3 is 2.29 bits per heavy atom. The Bertz CT molecular complexity index is 172. The van der Waals surface area contributed by atoms with E-state index in [0.29, 0.717) is 0 Å². The maximum atomic E-state index is 3.39. The van der Waals surface area contributed by atoms with Crippen molar-refractivity contribution in [3.8, 4) is 0 Å². The molecule has 1 N–H and O–H groups in total. The van der Waals surface area contributed by atoms with Gasteiger partial charge >= 0.3 is 0 Å². The van der Waals surface area contributed by atoms with Crippen molar-refractivity contribution >= 4 is 0 Å². The molecule has 0 aromatic carbocycles. The van der Waals surface area contributed by atoms with Crippen LogP contribution in [0, 0.1) is 5.92 Å². The first-order valence-corrected chi connectivity index (χ1v) is 7.62. The second kappa shape index (κ2) is 8.93. The van der Waals surface area contributed by atoms with Crippen molar-refractivity contribution in [2.45, 2.75) is 64.8 Å². The molecule has 1 rings (SSSR count). The molecule has 0 radical (unpaired) electrons. The molecule has 2 nitrogen and oxygen atoms in total. The second-order valence-electron chi connectivity index (χ2n) is 6.00. The van der Waals surface area contributed by atoms with Gasteiger partial charge in [0.05, 0.1) is 0 Å². The van der Waals surface area contributed by atoms with E-state index in [1.165, 1.54) is 64.6 Å². The minimum atomic E-state index is 0.775. The van der Waals surface area contributed by atoms with Crippen LogP contribution >= 0.6 is 0 Å². The Hall–Kier alpha value is -0.0800. The molecule has 0 unspecified atom stereocenters. The third-order valence-corrected chi connectivity index (χ3v) is 4.00. The highest BCUT2D eigenvalue weighted by Crippen LogP contribution is 2.13. The van der Waals surface area contributed by atoms with E-state index in [2.05, 4.69) is 31.1 Å². The smallest absolute Gasteiger partial charge is 0.00884 e. The molecule has 102 valence electrons. The van der Waals surface area contributed by atoms with Crippen LogP contribution in [-0.2, 0) is 0 Å². The largest absolute Gasteiger partial charge is 0.317 e. The normalized spacial score (nSPS) is 19.1. The Balaban J connectivity index is 1.90. The number of nitrogens with zero attached hydrogens (tertiary/aromatic N) is 1. The van der Waals surface area contributed by atoms with E-state index in [1.807, 2.05) is 0 Å². The predicted molar refractivity (Wildman–Crippen MR) is 76.4 cm³/mol. The van der Waals surface area contributed by atoms with E-state index in [0.717, 1.165) is 12.0 Å². The van der Waals surface area contributed by atoms with E-state index < -0.39 is 0 Å². The van der Waals surface area contributed by atoms with Crippen molar-refractivity contribution in [3.63, 3.8) is 0 Å². The van der Waals surface area contributed by atoms with E-state index >= 15 is 0 Å². The molecule has 0 spiro atoms. The van der Waals surface area contributed by atoms with Gasteiger partial charge in [0, 0.05) is 6.04 Å². The molecule has 1 fully saturated rings. The number of nitrogens with one attached hydrogen (secondary N) is 1. The van der Waals surface area contributed by atoms with Crippen LogP contribution in [0.1, 0.15) is 58.8 Å². The zero-order chi connectivity index (χ0) is 12.5. The summed E-state index contributed by atoms with van der Waals surface area (Å²) in [4.78, 5) is 2.65. The predicted octanol–water partition coefficient (Wildman–Crippen LogP) is 3.28. The minimum Gasteiger partial charge on any atom is -0.317 e. The summed E-state index contributed by atoms with van der Waals surface area (Å²) in [5, 5.41) is 3.39. The summed E-state index contributed by atoms with van der Waals surface area (Å²) >= 11 is 0. The van der Waals surface area contributed by atoms with E-state index in [1.54, 1.807) is 0 Å². The standard InChI is InChI=1S/C15H32N2/c1-14(2)8-6-4-5-7-11-17-12-9-15(16-3)10-13-17/h14-16H,4-13H2,1-3H3.